The minimum atomic E-state index is 0.144. The highest BCUT2D eigenvalue weighted by Gasteiger charge is 2.09. The van der Waals surface area contributed by atoms with Crippen LogP contribution < -0.4 is 5.73 Å². The van der Waals surface area contributed by atoms with Gasteiger partial charge in [0.15, 0.2) is 5.78 Å². The smallest absolute Gasteiger partial charge is 0.164 e. The lowest BCUT2D eigenvalue weighted by atomic mass is 10.0. The molecule has 0 spiro atoms. The minimum absolute atomic E-state index is 0.144. The van der Waals surface area contributed by atoms with E-state index in [1.165, 1.54) is 0 Å². The molecule has 0 saturated carbocycles. The molecule has 0 aromatic heterocycles. The molecule has 1 aromatic carbocycles. The topological polar surface area (TPSA) is 43.1 Å². The van der Waals surface area contributed by atoms with Crippen molar-refractivity contribution in [2.45, 2.75) is 33.1 Å². The van der Waals surface area contributed by atoms with E-state index in [1.54, 1.807) is 12.1 Å². The Balaban J connectivity index is 2.59. The van der Waals surface area contributed by atoms with Crippen molar-refractivity contribution in [2.75, 3.05) is 5.73 Å². The molecule has 2 N–H and O–H groups in total. The summed E-state index contributed by atoms with van der Waals surface area (Å²) in [5.74, 6) is 0.792. The van der Waals surface area contributed by atoms with Crippen LogP contribution in [0, 0.1) is 5.92 Å². The molecule has 1 aromatic rings. The number of benzene rings is 1. The SMILES string of the molecule is CC(C)CCCC(=O)c1ccc(Br)cc1N. The van der Waals surface area contributed by atoms with Crippen LogP contribution >= 0.6 is 15.9 Å². The summed E-state index contributed by atoms with van der Waals surface area (Å²) in [6.45, 7) is 4.33. The van der Waals surface area contributed by atoms with Gasteiger partial charge in [-0.25, -0.2) is 0 Å². The van der Waals surface area contributed by atoms with Crippen LogP contribution in [0.25, 0.3) is 0 Å². The van der Waals surface area contributed by atoms with Gasteiger partial charge in [0.05, 0.1) is 0 Å². The lowest BCUT2D eigenvalue weighted by Gasteiger charge is -2.06. The number of ketones is 1. The van der Waals surface area contributed by atoms with E-state index in [4.69, 9.17) is 5.73 Å². The average molecular weight is 284 g/mol. The maximum Gasteiger partial charge on any atom is 0.164 e. The summed E-state index contributed by atoms with van der Waals surface area (Å²) >= 11 is 3.33. The van der Waals surface area contributed by atoms with Gasteiger partial charge in [-0.15, -0.1) is 0 Å². The fourth-order valence-corrected chi connectivity index (χ4v) is 1.97. The molecular weight excluding hydrogens is 266 g/mol. The van der Waals surface area contributed by atoms with Gasteiger partial charge < -0.3 is 5.73 Å². The van der Waals surface area contributed by atoms with Gasteiger partial charge in [0.1, 0.15) is 0 Å². The van der Waals surface area contributed by atoms with Gasteiger partial charge in [0, 0.05) is 22.1 Å². The molecule has 0 saturated heterocycles. The van der Waals surface area contributed by atoms with E-state index < -0.39 is 0 Å². The number of anilines is 1. The fraction of sp³-hybridized carbons (Fsp3) is 0.462. The largest absolute Gasteiger partial charge is 0.398 e. The Morgan fingerprint density at radius 2 is 2.12 bits per heavy atom. The molecule has 0 bridgehead atoms. The van der Waals surface area contributed by atoms with Crippen LogP contribution in [0.1, 0.15) is 43.5 Å². The van der Waals surface area contributed by atoms with Crippen LogP contribution in [0.5, 0.6) is 0 Å². The second-order valence-electron chi connectivity index (χ2n) is 4.44. The normalized spacial score (nSPS) is 10.8. The zero-order valence-electron chi connectivity index (χ0n) is 9.79. The van der Waals surface area contributed by atoms with Crippen LogP contribution in [0.3, 0.4) is 0 Å². The number of rotatable bonds is 5. The molecule has 0 aliphatic heterocycles. The maximum atomic E-state index is 11.9. The minimum Gasteiger partial charge on any atom is -0.398 e. The third-order valence-electron chi connectivity index (χ3n) is 2.50. The van der Waals surface area contributed by atoms with E-state index in [0.29, 0.717) is 23.6 Å². The van der Waals surface area contributed by atoms with E-state index in [1.807, 2.05) is 6.07 Å². The second-order valence-corrected chi connectivity index (χ2v) is 5.36. The predicted molar refractivity (Wildman–Crippen MR) is 71.6 cm³/mol. The Hall–Kier alpha value is -0.830. The zero-order valence-corrected chi connectivity index (χ0v) is 11.4. The molecule has 0 unspecified atom stereocenters. The van der Waals surface area contributed by atoms with Gasteiger partial charge in [-0.1, -0.05) is 36.2 Å². The molecule has 1 rings (SSSR count). The van der Waals surface area contributed by atoms with Crippen LogP contribution in [-0.2, 0) is 0 Å². The Labute approximate surface area is 105 Å². The molecule has 0 amide bonds. The molecule has 3 heteroatoms. The first kappa shape index (κ1) is 13.2. The summed E-state index contributed by atoms with van der Waals surface area (Å²) < 4.78 is 0.906. The summed E-state index contributed by atoms with van der Waals surface area (Å²) in [6.07, 6.45) is 2.61. The zero-order chi connectivity index (χ0) is 12.1. The number of carbonyl (C=O) groups excluding carboxylic acids is 1. The third kappa shape index (κ3) is 3.97. The van der Waals surface area contributed by atoms with Gasteiger partial charge in [-0.05, 0) is 30.5 Å². The summed E-state index contributed by atoms with van der Waals surface area (Å²) in [5.41, 5.74) is 7.01. The van der Waals surface area contributed by atoms with Crippen molar-refractivity contribution in [1.82, 2.24) is 0 Å². The maximum absolute atomic E-state index is 11.9. The number of hydrogen-bond acceptors (Lipinski definition) is 2. The Morgan fingerprint density at radius 3 is 2.69 bits per heavy atom. The number of nitrogen functional groups attached to an aromatic ring is 1. The first-order valence-electron chi connectivity index (χ1n) is 5.59. The van der Waals surface area contributed by atoms with E-state index in [9.17, 15) is 4.79 Å². The number of halogens is 1. The Bertz CT molecular complexity index is 374. The second kappa shape index (κ2) is 6.04. The van der Waals surface area contributed by atoms with Crippen molar-refractivity contribution >= 4 is 27.4 Å². The molecule has 0 radical (unpaired) electrons. The number of hydrogen-bond donors (Lipinski definition) is 1. The predicted octanol–water partition coefficient (Wildman–Crippen LogP) is 4.04. The molecule has 0 heterocycles. The van der Waals surface area contributed by atoms with E-state index >= 15 is 0 Å². The van der Waals surface area contributed by atoms with Crippen LogP contribution in [0.2, 0.25) is 0 Å². The van der Waals surface area contributed by atoms with Crippen molar-refractivity contribution in [3.05, 3.63) is 28.2 Å². The first-order chi connectivity index (χ1) is 7.50. The summed E-state index contributed by atoms with van der Waals surface area (Å²) in [5, 5.41) is 0. The molecular formula is C13H18BrNO. The molecule has 0 aliphatic rings. The molecule has 88 valence electrons. The van der Waals surface area contributed by atoms with Crippen LogP contribution in [0.15, 0.2) is 22.7 Å². The highest BCUT2D eigenvalue weighted by atomic mass is 79.9. The van der Waals surface area contributed by atoms with Gasteiger partial charge in [-0.2, -0.15) is 0 Å². The summed E-state index contributed by atoms with van der Waals surface area (Å²) in [7, 11) is 0. The first-order valence-corrected chi connectivity index (χ1v) is 6.38. The lowest BCUT2D eigenvalue weighted by molar-refractivity contribution is 0.0979. The summed E-state index contributed by atoms with van der Waals surface area (Å²) in [4.78, 5) is 11.9. The van der Waals surface area contributed by atoms with Crippen molar-refractivity contribution in [3.63, 3.8) is 0 Å². The number of nitrogens with two attached hydrogens (primary N) is 1. The monoisotopic (exact) mass is 283 g/mol. The average Bonchev–Trinajstić information content (AvgIpc) is 2.16. The lowest BCUT2D eigenvalue weighted by Crippen LogP contribution is -2.04. The molecule has 2 nitrogen and oxygen atoms in total. The standard InChI is InChI=1S/C13H18BrNO/c1-9(2)4-3-5-13(16)11-7-6-10(14)8-12(11)15/h6-9H,3-5,15H2,1-2H3. The van der Waals surface area contributed by atoms with Crippen molar-refractivity contribution in [1.29, 1.82) is 0 Å². The molecule has 0 atom stereocenters. The van der Waals surface area contributed by atoms with Crippen LogP contribution in [0.4, 0.5) is 5.69 Å². The van der Waals surface area contributed by atoms with Gasteiger partial charge >= 0.3 is 0 Å². The Kier molecular flexibility index (Phi) is 5.00. The van der Waals surface area contributed by atoms with Crippen LogP contribution in [-0.4, -0.2) is 5.78 Å². The van der Waals surface area contributed by atoms with Gasteiger partial charge in [0.25, 0.3) is 0 Å². The number of carbonyl (C=O) groups is 1. The van der Waals surface area contributed by atoms with Gasteiger partial charge in [-0.3, -0.25) is 4.79 Å². The van der Waals surface area contributed by atoms with E-state index in [0.717, 1.165) is 17.3 Å². The summed E-state index contributed by atoms with van der Waals surface area (Å²) in [6, 6.07) is 5.42. The third-order valence-corrected chi connectivity index (χ3v) is 2.99. The van der Waals surface area contributed by atoms with Crippen molar-refractivity contribution in [3.8, 4) is 0 Å². The van der Waals surface area contributed by atoms with Crippen molar-refractivity contribution < 1.29 is 4.79 Å². The van der Waals surface area contributed by atoms with E-state index in [-0.39, 0.29) is 5.78 Å². The highest BCUT2D eigenvalue weighted by Crippen LogP contribution is 2.21. The quantitative estimate of drug-likeness (QED) is 0.655. The van der Waals surface area contributed by atoms with E-state index in [2.05, 4.69) is 29.8 Å². The molecule has 0 fully saturated rings. The van der Waals surface area contributed by atoms with Crippen molar-refractivity contribution in [2.24, 2.45) is 5.92 Å². The highest BCUT2D eigenvalue weighted by molar-refractivity contribution is 9.10. The Morgan fingerprint density at radius 1 is 1.44 bits per heavy atom. The fourth-order valence-electron chi connectivity index (χ4n) is 1.59. The molecule has 0 aliphatic carbocycles. The number of Topliss-reactive ketones (excluding diaryl/α,β-unsaturated/α-hetero) is 1. The van der Waals surface area contributed by atoms with Gasteiger partial charge in [0.2, 0.25) is 0 Å². The molecule has 16 heavy (non-hydrogen) atoms.